The van der Waals surface area contributed by atoms with Crippen molar-refractivity contribution < 1.29 is 9.53 Å². The first kappa shape index (κ1) is 15.7. The van der Waals surface area contributed by atoms with Crippen LogP contribution in [-0.2, 0) is 9.53 Å². The Morgan fingerprint density at radius 1 is 1.20 bits per heavy atom. The highest BCUT2D eigenvalue weighted by Crippen LogP contribution is 2.20. The predicted molar refractivity (Wildman–Crippen MR) is 94.3 cm³/mol. The molecule has 1 amide bonds. The van der Waals surface area contributed by atoms with Crippen LogP contribution in [0.15, 0.2) is 48.9 Å². The monoisotopic (exact) mass is 337 g/mol. The number of nitrogens with zero attached hydrogens (tertiary/aromatic N) is 4. The normalized spacial score (nSPS) is 15.4. The third kappa shape index (κ3) is 3.67. The third-order valence-electron chi connectivity index (χ3n) is 4.17. The van der Waals surface area contributed by atoms with Crippen molar-refractivity contribution in [3.05, 3.63) is 48.9 Å². The van der Waals surface area contributed by atoms with E-state index in [0.717, 1.165) is 30.0 Å². The highest BCUT2D eigenvalue weighted by Gasteiger charge is 2.14. The average molecular weight is 337 g/mol. The SMILES string of the molecule is O=C(CN1CCOCC1)Nc1ccc(-c2cn3cccnc3n2)cc1. The van der Waals surface area contributed by atoms with Gasteiger partial charge in [-0.15, -0.1) is 0 Å². The molecule has 0 aliphatic carbocycles. The maximum Gasteiger partial charge on any atom is 0.238 e. The van der Waals surface area contributed by atoms with Crippen LogP contribution in [0.2, 0.25) is 0 Å². The number of carbonyl (C=O) groups excluding carboxylic acids is 1. The van der Waals surface area contributed by atoms with Crippen LogP contribution in [0.3, 0.4) is 0 Å². The molecule has 128 valence electrons. The number of aromatic nitrogens is 3. The zero-order chi connectivity index (χ0) is 17.1. The second kappa shape index (κ2) is 7.00. The van der Waals surface area contributed by atoms with Crippen molar-refractivity contribution in [1.82, 2.24) is 19.3 Å². The lowest BCUT2D eigenvalue weighted by molar-refractivity contribution is -0.118. The van der Waals surface area contributed by atoms with Crippen molar-refractivity contribution >= 4 is 17.4 Å². The van der Waals surface area contributed by atoms with Gasteiger partial charge in [0.25, 0.3) is 0 Å². The number of nitrogens with one attached hydrogen (secondary N) is 1. The molecule has 1 aliphatic heterocycles. The number of benzene rings is 1. The maximum atomic E-state index is 12.1. The molecule has 1 aliphatic rings. The Hall–Kier alpha value is -2.77. The molecule has 0 bridgehead atoms. The van der Waals surface area contributed by atoms with Gasteiger partial charge in [-0.1, -0.05) is 12.1 Å². The van der Waals surface area contributed by atoms with Crippen LogP contribution in [0.5, 0.6) is 0 Å². The summed E-state index contributed by atoms with van der Waals surface area (Å²) in [6.07, 6.45) is 5.58. The van der Waals surface area contributed by atoms with Gasteiger partial charge in [-0.05, 0) is 18.2 Å². The molecule has 2 aromatic heterocycles. The summed E-state index contributed by atoms with van der Waals surface area (Å²) in [5.41, 5.74) is 2.62. The van der Waals surface area contributed by atoms with Gasteiger partial charge < -0.3 is 10.1 Å². The van der Waals surface area contributed by atoms with Crippen LogP contribution in [0.25, 0.3) is 17.0 Å². The van der Waals surface area contributed by atoms with Crippen LogP contribution in [0, 0.1) is 0 Å². The molecule has 7 nitrogen and oxygen atoms in total. The van der Waals surface area contributed by atoms with Crippen molar-refractivity contribution in [2.24, 2.45) is 0 Å². The minimum Gasteiger partial charge on any atom is -0.379 e. The quantitative estimate of drug-likeness (QED) is 0.784. The van der Waals surface area contributed by atoms with E-state index in [9.17, 15) is 4.79 Å². The first-order chi connectivity index (χ1) is 12.3. The Morgan fingerprint density at radius 3 is 2.76 bits per heavy atom. The largest absolute Gasteiger partial charge is 0.379 e. The number of hydrogen-bond acceptors (Lipinski definition) is 5. The summed E-state index contributed by atoms with van der Waals surface area (Å²) in [6, 6.07) is 9.55. The van der Waals surface area contributed by atoms with E-state index >= 15 is 0 Å². The van der Waals surface area contributed by atoms with Gasteiger partial charge >= 0.3 is 0 Å². The molecule has 0 spiro atoms. The topological polar surface area (TPSA) is 71.8 Å². The molecule has 0 unspecified atom stereocenters. The number of morpholine rings is 1. The lowest BCUT2D eigenvalue weighted by Gasteiger charge is -2.25. The van der Waals surface area contributed by atoms with Crippen LogP contribution < -0.4 is 5.32 Å². The van der Waals surface area contributed by atoms with Gasteiger partial charge in [0.05, 0.1) is 25.5 Å². The third-order valence-corrected chi connectivity index (χ3v) is 4.17. The van der Waals surface area contributed by atoms with E-state index in [1.54, 1.807) is 6.20 Å². The predicted octanol–water partition coefficient (Wildman–Crippen LogP) is 1.67. The van der Waals surface area contributed by atoms with E-state index in [4.69, 9.17) is 4.74 Å². The van der Waals surface area contributed by atoms with Crippen molar-refractivity contribution in [2.45, 2.75) is 0 Å². The van der Waals surface area contributed by atoms with E-state index in [-0.39, 0.29) is 5.91 Å². The molecule has 0 atom stereocenters. The van der Waals surface area contributed by atoms with Crippen LogP contribution in [0.4, 0.5) is 5.69 Å². The molecular formula is C18H19N5O2. The molecule has 1 fully saturated rings. The molecule has 0 saturated carbocycles. The lowest BCUT2D eigenvalue weighted by Crippen LogP contribution is -2.41. The number of ether oxygens (including phenoxy) is 1. The highest BCUT2D eigenvalue weighted by atomic mass is 16.5. The van der Waals surface area contributed by atoms with Gasteiger partial charge in [-0.25, -0.2) is 9.97 Å². The number of amides is 1. The van der Waals surface area contributed by atoms with Crippen LogP contribution in [-0.4, -0.2) is 58.0 Å². The molecule has 0 radical (unpaired) electrons. The van der Waals surface area contributed by atoms with Gasteiger partial charge in [0.1, 0.15) is 0 Å². The maximum absolute atomic E-state index is 12.1. The van der Waals surface area contributed by atoms with Crippen molar-refractivity contribution in [3.63, 3.8) is 0 Å². The zero-order valence-corrected chi connectivity index (χ0v) is 13.8. The van der Waals surface area contributed by atoms with Gasteiger partial charge in [-0.3, -0.25) is 14.1 Å². The second-order valence-electron chi connectivity index (χ2n) is 5.97. The molecular weight excluding hydrogens is 318 g/mol. The second-order valence-corrected chi connectivity index (χ2v) is 5.97. The molecule has 3 aromatic rings. The van der Waals surface area contributed by atoms with E-state index < -0.39 is 0 Å². The number of anilines is 1. The first-order valence-corrected chi connectivity index (χ1v) is 8.28. The van der Waals surface area contributed by atoms with E-state index in [2.05, 4.69) is 20.2 Å². The molecule has 4 rings (SSSR count). The van der Waals surface area contributed by atoms with Crippen molar-refractivity contribution in [3.8, 4) is 11.3 Å². The summed E-state index contributed by atoms with van der Waals surface area (Å²) in [4.78, 5) is 22.9. The fraction of sp³-hybridized carbons (Fsp3) is 0.278. The lowest BCUT2D eigenvalue weighted by atomic mass is 10.1. The molecule has 1 saturated heterocycles. The van der Waals surface area contributed by atoms with Crippen molar-refractivity contribution in [2.75, 3.05) is 38.2 Å². The highest BCUT2D eigenvalue weighted by molar-refractivity contribution is 5.92. The number of hydrogen-bond donors (Lipinski definition) is 1. The number of fused-ring (bicyclic) bond motifs is 1. The summed E-state index contributed by atoms with van der Waals surface area (Å²) in [5, 5.41) is 2.94. The van der Waals surface area contributed by atoms with Gasteiger partial charge in [-0.2, -0.15) is 0 Å². The summed E-state index contributed by atoms with van der Waals surface area (Å²) < 4.78 is 7.17. The summed E-state index contributed by atoms with van der Waals surface area (Å²) >= 11 is 0. The first-order valence-electron chi connectivity index (χ1n) is 8.28. The molecule has 7 heteroatoms. The smallest absolute Gasteiger partial charge is 0.238 e. The molecule has 3 heterocycles. The Kier molecular flexibility index (Phi) is 4.41. The minimum absolute atomic E-state index is 0.00780. The van der Waals surface area contributed by atoms with Crippen LogP contribution >= 0.6 is 0 Å². The summed E-state index contributed by atoms with van der Waals surface area (Å²) in [5.74, 6) is 0.659. The van der Waals surface area contributed by atoms with Gasteiger partial charge in [0, 0.05) is 42.9 Å². The number of carbonyl (C=O) groups is 1. The zero-order valence-electron chi connectivity index (χ0n) is 13.8. The van der Waals surface area contributed by atoms with Crippen LogP contribution in [0.1, 0.15) is 0 Å². The average Bonchev–Trinajstić information content (AvgIpc) is 3.07. The Labute approximate surface area is 145 Å². The van der Waals surface area contributed by atoms with Gasteiger partial charge in [0.2, 0.25) is 11.7 Å². The standard InChI is InChI=1S/C18H19N5O2/c24-17(13-22-8-10-25-11-9-22)20-15-4-2-14(3-5-15)16-12-23-7-1-6-19-18(23)21-16/h1-7,12H,8-11,13H2,(H,20,24). The number of imidazole rings is 1. The summed E-state index contributed by atoms with van der Waals surface area (Å²) in [7, 11) is 0. The molecule has 1 N–H and O–H groups in total. The van der Waals surface area contributed by atoms with E-state index in [0.29, 0.717) is 25.5 Å². The summed E-state index contributed by atoms with van der Waals surface area (Å²) in [6.45, 7) is 3.37. The molecule has 1 aromatic carbocycles. The van der Waals surface area contributed by atoms with E-state index in [1.807, 2.05) is 47.1 Å². The van der Waals surface area contributed by atoms with Crippen molar-refractivity contribution in [1.29, 1.82) is 0 Å². The minimum atomic E-state index is -0.00780. The Balaban J connectivity index is 1.41. The van der Waals surface area contributed by atoms with E-state index in [1.165, 1.54) is 0 Å². The Morgan fingerprint density at radius 2 is 2.00 bits per heavy atom. The molecule has 25 heavy (non-hydrogen) atoms. The fourth-order valence-corrected chi connectivity index (χ4v) is 2.86. The fourth-order valence-electron chi connectivity index (χ4n) is 2.86. The van der Waals surface area contributed by atoms with Gasteiger partial charge in [0.15, 0.2) is 0 Å². The number of rotatable bonds is 4. The Bertz CT molecular complexity index is 836.